The van der Waals surface area contributed by atoms with Crippen molar-refractivity contribution in [3.05, 3.63) is 80.5 Å². The molecule has 10 rings (SSSR count). The molecule has 0 fully saturated rings. The monoisotopic (exact) mass is 1430 g/mol. The maximum Gasteiger partial charge on any atom is 2.00 e. The van der Waals surface area contributed by atoms with Gasteiger partial charge in [-0.1, -0.05) is 220 Å². The number of hydrogen-bond acceptors (Lipinski definition) is 12. The van der Waals surface area contributed by atoms with Crippen LogP contribution in [0.3, 0.4) is 0 Å². The van der Waals surface area contributed by atoms with E-state index >= 15 is 13.2 Å². The smallest absolute Gasteiger partial charge is 0.552 e. The van der Waals surface area contributed by atoms with E-state index < -0.39 is 34.5 Å². The number of nitrogens with zero attached hydrogens (tertiary/aromatic N) is 4. The maximum atomic E-state index is 15.8. The molecule has 17 heteroatoms. The molecule has 511 valence electrons. The molecule has 6 nitrogen and oxygen atoms in total. The molecule has 0 saturated heterocycles. The predicted molar refractivity (Wildman–Crippen MR) is 387 cm³/mol. The maximum absolute atomic E-state index is 15.8. The fourth-order valence-corrected chi connectivity index (χ4v) is 19.6. The Morgan fingerprint density at radius 1 is 0.462 bits per heavy atom. The summed E-state index contributed by atoms with van der Waals surface area (Å²) in [5, 5.41) is 3.31. The Morgan fingerprint density at radius 2 is 0.925 bits per heavy atom. The van der Waals surface area contributed by atoms with Crippen LogP contribution in [-0.2, 0) is 28.0 Å². The Balaban J connectivity index is 0.000000237. The summed E-state index contributed by atoms with van der Waals surface area (Å²) in [4.78, 5) is 6.96. The summed E-state index contributed by atoms with van der Waals surface area (Å²) in [5.41, 5.74) is 3.45. The molecule has 8 aromatic rings. The van der Waals surface area contributed by atoms with Gasteiger partial charge in [-0.3, -0.25) is 15.7 Å². The molecule has 2 atom stereocenters. The second-order valence-corrected chi connectivity index (χ2v) is 33.3. The van der Waals surface area contributed by atoms with Gasteiger partial charge in [-0.2, -0.15) is 8.75 Å². The van der Waals surface area contributed by atoms with Gasteiger partial charge < -0.3 is 9.47 Å². The molecule has 93 heavy (non-hydrogen) atoms. The van der Waals surface area contributed by atoms with Crippen molar-refractivity contribution < 1.29 is 43.8 Å². The number of aromatic nitrogens is 4. The van der Waals surface area contributed by atoms with E-state index in [4.69, 9.17) is 9.47 Å². The van der Waals surface area contributed by atoms with Crippen LogP contribution < -0.4 is 9.47 Å². The normalized spacial score (nSPS) is 15.4. The minimum atomic E-state index is -1.01. The van der Waals surface area contributed by atoms with Crippen molar-refractivity contribution in [1.82, 2.24) is 17.5 Å². The van der Waals surface area contributed by atoms with Crippen LogP contribution in [0.15, 0.2) is 24.3 Å². The number of halogens is 4. The van der Waals surface area contributed by atoms with Gasteiger partial charge in [0.1, 0.15) is 28.0 Å². The average molecular weight is 1430 g/mol. The molecule has 0 spiro atoms. The number of fused-ring (bicyclic) bond motifs is 8. The summed E-state index contributed by atoms with van der Waals surface area (Å²) in [5.74, 6) is 0.850. The summed E-state index contributed by atoms with van der Waals surface area (Å²) in [6, 6.07) is 10.8. The van der Waals surface area contributed by atoms with Gasteiger partial charge in [0, 0.05) is 42.7 Å². The zero-order valence-electron chi connectivity index (χ0n) is 57.1. The Morgan fingerprint density at radius 3 is 1.46 bits per heavy atom. The number of thiophene rings is 4. The van der Waals surface area contributed by atoms with Crippen molar-refractivity contribution in [2.45, 2.75) is 286 Å². The molecule has 0 saturated carbocycles. The third kappa shape index (κ3) is 19.1. The van der Waals surface area contributed by atoms with Gasteiger partial charge in [-0.25, -0.2) is 21.9 Å². The van der Waals surface area contributed by atoms with Crippen LogP contribution in [0.25, 0.3) is 62.5 Å². The van der Waals surface area contributed by atoms with E-state index in [0.717, 1.165) is 129 Å². The van der Waals surface area contributed by atoms with Gasteiger partial charge in [0.25, 0.3) is 0 Å². The van der Waals surface area contributed by atoms with Crippen molar-refractivity contribution in [3.63, 3.8) is 0 Å². The molecule has 2 unspecified atom stereocenters. The number of hydrogen-bond donors (Lipinski definition) is 0. The predicted octanol–water partition coefficient (Wildman–Crippen LogP) is 27.4. The van der Waals surface area contributed by atoms with Gasteiger partial charge >= 0.3 is 16.8 Å². The summed E-state index contributed by atoms with van der Waals surface area (Å²) < 4.78 is 92.7. The molecule has 2 aliphatic rings. The van der Waals surface area contributed by atoms with Gasteiger partial charge in [0.05, 0.1) is 44.6 Å². The number of aryl methyl sites for hydroxylation is 2. The van der Waals surface area contributed by atoms with Gasteiger partial charge in [-0.05, 0) is 123 Å². The van der Waals surface area contributed by atoms with Crippen LogP contribution in [0.4, 0.5) is 17.6 Å². The molecule has 6 aromatic heterocycles. The molecular weight excluding hydrogens is 1330 g/mol. The SMILES string of the molecule is CCCCCCCCCCCCC1(CCCCCCCCCCCC)Oc2c[c-]sc2-c2sc(-c3c(F)c(F)c(C)c4nsnc34)cc21.Cc1cc2c(s1)-c1sc(-c3c(F)c(F)[c-]c4nsnc34)cc1C(CCC(C)CCCC(C)C)(CCC(C)CCCC(C)C)O2.[Co+2]. The first kappa shape index (κ1) is 75.5. The van der Waals surface area contributed by atoms with E-state index in [0.29, 0.717) is 38.1 Å². The largest absolute Gasteiger partial charge is 2.00 e. The number of ether oxygens (including phenoxy) is 2. The second-order valence-electron chi connectivity index (χ2n) is 28.0. The Bertz CT molecular complexity index is 3530. The number of rotatable bonds is 38. The van der Waals surface area contributed by atoms with E-state index in [9.17, 15) is 4.39 Å². The first-order valence-corrected chi connectivity index (χ1v) is 40.1. The number of benzene rings is 2. The molecule has 2 aromatic carbocycles. The van der Waals surface area contributed by atoms with Crippen molar-refractivity contribution >= 4 is 90.9 Å². The van der Waals surface area contributed by atoms with Gasteiger partial charge in [0.2, 0.25) is 0 Å². The van der Waals surface area contributed by atoms with Crippen LogP contribution in [0.1, 0.15) is 282 Å². The molecular formula is C76H102CoF4N4O2S6. The zero-order valence-corrected chi connectivity index (χ0v) is 63.1. The third-order valence-electron chi connectivity index (χ3n) is 19.5. The van der Waals surface area contributed by atoms with Crippen LogP contribution in [0.2, 0.25) is 0 Å². The molecule has 0 N–H and O–H groups in total. The minimum absolute atomic E-state index is 0. The summed E-state index contributed by atoms with van der Waals surface area (Å²) >= 11 is 8.31. The van der Waals surface area contributed by atoms with Crippen molar-refractivity contribution in [2.75, 3.05) is 0 Å². The summed E-state index contributed by atoms with van der Waals surface area (Å²) in [6.45, 7) is 22.2. The van der Waals surface area contributed by atoms with E-state index in [1.807, 2.05) is 6.07 Å². The van der Waals surface area contributed by atoms with E-state index in [1.54, 1.807) is 40.9 Å². The fraction of sp³-hybridized carbons (Fsp3) is 0.632. The molecule has 0 bridgehead atoms. The van der Waals surface area contributed by atoms with Crippen molar-refractivity contribution in [1.29, 1.82) is 0 Å². The van der Waals surface area contributed by atoms with E-state index in [2.05, 4.69) is 109 Å². The molecule has 0 aliphatic carbocycles. The molecule has 8 heterocycles. The van der Waals surface area contributed by atoms with Crippen molar-refractivity contribution in [2.24, 2.45) is 23.7 Å². The minimum Gasteiger partial charge on any atom is -0.552 e. The van der Waals surface area contributed by atoms with E-state index in [1.165, 1.54) is 170 Å². The Hall–Kier alpha value is -3.29. The van der Waals surface area contributed by atoms with E-state index in [-0.39, 0.29) is 39.0 Å². The standard InChI is InChI=1S/C40H55F2N2OS3.C36H47F2N2OS3.Co/c1-4-6-8-10-12-14-16-18-20-22-25-40(26-23-21-19-17-15-13-11-9-7-5-2)30-28-32(47-38(30)39-31(45-40)24-27-46-39)33-35(42)34(41)29(3)36-37(33)44-48-43-36;1-21(2)10-8-12-23(5)14-16-36(17-15-24(6)13-9-11-22(3)4)26-19-30(43-34(26)35-29(41-36)18-25(7)42-35)31-32(38)27(37)20-28-33(31)40-44-39-28;/h24,28H,4-23,25-26H2,1-3H3;18-19,21-24H,8-17H2,1-7H3;/q2*-1;+2. The van der Waals surface area contributed by atoms with Crippen LogP contribution >= 0.6 is 68.8 Å². The van der Waals surface area contributed by atoms with Crippen LogP contribution in [0, 0.1) is 72.2 Å². The fourth-order valence-electron chi connectivity index (χ4n) is 13.9. The van der Waals surface area contributed by atoms with Crippen LogP contribution in [-0.4, -0.2) is 17.5 Å². The number of unbranched alkanes of at least 4 members (excludes halogenated alkanes) is 18. The second kappa shape index (κ2) is 36.5. The molecule has 0 amide bonds. The topological polar surface area (TPSA) is 70.0 Å². The first-order chi connectivity index (χ1) is 44.5. The molecule has 1 radical (unpaired) electrons. The van der Waals surface area contributed by atoms with Gasteiger partial charge in [-0.15, -0.1) is 51.5 Å². The van der Waals surface area contributed by atoms with Crippen LogP contribution in [0.5, 0.6) is 11.5 Å². The summed E-state index contributed by atoms with van der Waals surface area (Å²) in [7, 11) is 0. The third-order valence-corrected chi connectivity index (χ3v) is 25.0. The Kier molecular flexibility index (Phi) is 29.6. The van der Waals surface area contributed by atoms with Gasteiger partial charge in [0.15, 0.2) is 11.6 Å². The molecule has 2 aliphatic heterocycles. The average Bonchev–Trinajstić information content (AvgIpc) is 1.59. The van der Waals surface area contributed by atoms with Crippen molar-refractivity contribution in [3.8, 4) is 51.9 Å². The first-order valence-electron chi connectivity index (χ1n) is 35.4. The summed E-state index contributed by atoms with van der Waals surface area (Å²) in [6.07, 6.45) is 39.0. The zero-order chi connectivity index (χ0) is 65.4. The Labute approximate surface area is 589 Å². The quantitative estimate of drug-likeness (QED) is 0.0218.